The Kier molecular flexibility index (Phi) is 9.72. The Morgan fingerprint density at radius 2 is 1.68 bits per heavy atom. The van der Waals surface area contributed by atoms with Gasteiger partial charge in [-0.1, -0.05) is 38.3 Å². The Hall–Kier alpha value is -2.15. The van der Waals surface area contributed by atoms with Gasteiger partial charge in [-0.2, -0.15) is 0 Å². The molecule has 3 heterocycles. The third-order valence-corrected chi connectivity index (χ3v) is 9.68. The van der Waals surface area contributed by atoms with Crippen LogP contribution in [0, 0.1) is 17.2 Å². The van der Waals surface area contributed by atoms with Crippen molar-refractivity contribution in [1.29, 1.82) is 0 Å². The molecule has 6 nitrogen and oxygen atoms in total. The summed E-state index contributed by atoms with van der Waals surface area (Å²) >= 11 is 0. The second-order valence-corrected chi connectivity index (χ2v) is 12.6. The molecule has 4 aliphatic rings. The van der Waals surface area contributed by atoms with Gasteiger partial charge in [0.1, 0.15) is 12.4 Å². The molecule has 7 heteroatoms. The first kappa shape index (κ1) is 28.8. The molecule has 0 unspecified atom stereocenters. The van der Waals surface area contributed by atoms with E-state index in [2.05, 4.69) is 25.7 Å². The third-order valence-electron chi connectivity index (χ3n) is 9.68. The Morgan fingerprint density at radius 3 is 2.26 bits per heavy atom. The van der Waals surface area contributed by atoms with Gasteiger partial charge in [-0.15, -0.1) is 0 Å². The van der Waals surface area contributed by atoms with Gasteiger partial charge in [0.05, 0.1) is 5.54 Å². The van der Waals surface area contributed by atoms with Crippen LogP contribution in [-0.2, 0) is 9.53 Å². The first-order chi connectivity index (χ1) is 18.3. The third kappa shape index (κ3) is 6.88. The largest absolute Gasteiger partial charge is 0.447 e. The molecule has 5 rings (SSSR count). The van der Waals surface area contributed by atoms with Crippen molar-refractivity contribution in [3.05, 3.63) is 35.6 Å². The highest BCUT2D eigenvalue weighted by atomic mass is 19.1. The monoisotopic (exact) mass is 529 g/mol. The van der Waals surface area contributed by atoms with Gasteiger partial charge in [0, 0.05) is 26.2 Å². The topological polar surface area (TPSA) is 53.1 Å². The molecule has 0 spiro atoms. The van der Waals surface area contributed by atoms with E-state index >= 15 is 0 Å². The number of benzene rings is 1. The summed E-state index contributed by atoms with van der Waals surface area (Å²) in [6.45, 7) is 12.8. The van der Waals surface area contributed by atoms with Crippen LogP contribution in [0.2, 0.25) is 0 Å². The molecule has 2 amide bonds. The first-order valence-electron chi connectivity index (χ1n) is 14.9. The van der Waals surface area contributed by atoms with Crippen LogP contribution in [0.4, 0.5) is 9.18 Å². The lowest BCUT2D eigenvalue weighted by Crippen LogP contribution is -2.54. The normalized spacial score (nSPS) is 25.9. The van der Waals surface area contributed by atoms with Gasteiger partial charge < -0.3 is 14.5 Å². The fourth-order valence-electron chi connectivity index (χ4n) is 7.07. The minimum absolute atomic E-state index is 0.137. The maximum Gasteiger partial charge on any atom is 0.410 e. The molecular weight excluding hydrogens is 481 g/mol. The van der Waals surface area contributed by atoms with Crippen LogP contribution in [-0.4, -0.2) is 78.6 Å². The molecule has 38 heavy (non-hydrogen) atoms. The minimum Gasteiger partial charge on any atom is -0.447 e. The van der Waals surface area contributed by atoms with Crippen molar-refractivity contribution < 1.29 is 18.7 Å². The maximum atomic E-state index is 12.8. The van der Waals surface area contributed by atoms with Gasteiger partial charge >= 0.3 is 6.09 Å². The van der Waals surface area contributed by atoms with Gasteiger partial charge in [-0.05, 0) is 100 Å². The molecule has 1 saturated carbocycles. The van der Waals surface area contributed by atoms with E-state index in [0.29, 0.717) is 18.4 Å². The molecule has 0 N–H and O–H groups in total. The number of cyclic esters (lactones) is 1. The molecule has 0 bridgehead atoms. The number of hydrogen-bond acceptors (Lipinski definition) is 4. The van der Waals surface area contributed by atoms with Gasteiger partial charge in [0.25, 0.3) is 0 Å². The zero-order chi connectivity index (χ0) is 27.2. The Balaban J connectivity index is 0.000000194. The average Bonchev–Trinajstić information content (AvgIpc) is 3.21. The first-order valence-corrected chi connectivity index (χ1v) is 14.9. The molecule has 3 aliphatic heterocycles. The van der Waals surface area contributed by atoms with Crippen LogP contribution < -0.4 is 0 Å². The molecule has 4 fully saturated rings. The molecule has 0 radical (unpaired) electrons. The molecule has 1 atom stereocenters. The van der Waals surface area contributed by atoms with E-state index in [-0.39, 0.29) is 22.9 Å². The van der Waals surface area contributed by atoms with Crippen LogP contribution in [0.5, 0.6) is 0 Å². The van der Waals surface area contributed by atoms with Crippen LogP contribution in [0.25, 0.3) is 0 Å². The van der Waals surface area contributed by atoms with E-state index in [1.54, 1.807) is 12.1 Å². The maximum absolute atomic E-state index is 12.8. The van der Waals surface area contributed by atoms with Gasteiger partial charge in [-0.25, -0.2) is 9.18 Å². The van der Waals surface area contributed by atoms with Crippen LogP contribution >= 0.6 is 0 Å². The second kappa shape index (κ2) is 12.8. The quantitative estimate of drug-likeness (QED) is 0.420. The standard InChI is InChI=1S/C18H30N2O3.C13H18FN/c1-17(2)13-23-16(22)20(17)12-18(15-6-4-3-5-7-15)8-10-19(14-21)11-9-18;1-2-15-9-3-4-12(10-15)11-5-7-13(14)8-6-11/h14-15H,3-13H2,1-2H3;5-8,12H,2-4,9-10H2,1H3/t;12-/m.0/s1. The van der Waals surface area contributed by atoms with Crippen molar-refractivity contribution >= 4 is 12.5 Å². The molecule has 1 aromatic carbocycles. The van der Waals surface area contributed by atoms with Crippen LogP contribution in [0.1, 0.15) is 90.0 Å². The molecule has 212 valence electrons. The highest BCUT2D eigenvalue weighted by Crippen LogP contribution is 2.47. The van der Waals surface area contributed by atoms with Crippen molar-refractivity contribution in [2.45, 2.75) is 90.0 Å². The lowest BCUT2D eigenvalue weighted by atomic mass is 9.63. The number of carbonyl (C=O) groups excluding carboxylic acids is 2. The summed E-state index contributed by atoms with van der Waals surface area (Å²) in [6.07, 6.45) is 11.8. The number of likely N-dealkylation sites (N-methyl/N-ethyl adjacent to an activating group) is 1. The van der Waals surface area contributed by atoms with E-state index in [1.165, 1.54) is 57.1 Å². The lowest BCUT2D eigenvalue weighted by molar-refractivity contribution is -0.121. The molecule has 1 aliphatic carbocycles. The van der Waals surface area contributed by atoms with E-state index in [9.17, 15) is 14.0 Å². The molecule has 0 aromatic heterocycles. The number of nitrogens with zero attached hydrogens (tertiary/aromatic N) is 3. The Morgan fingerprint density at radius 1 is 1.00 bits per heavy atom. The molecule has 1 aromatic rings. The summed E-state index contributed by atoms with van der Waals surface area (Å²) in [5.41, 5.74) is 1.22. The predicted octanol–water partition coefficient (Wildman–Crippen LogP) is 6.06. The fraction of sp³-hybridized carbons (Fsp3) is 0.742. The highest BCUT2D eigenvalue weighted by Gasteiger charge is 2.48. The number of amides is 2. The summed E-state index contributed by atoms with van der Waals surface area (Å²) in [7, 11) is 0. The van der Waals surface area contributed by atoms with Crippen molar-refractivity contribution in [2.75, 3.05) is 45.9 Å². The lowest BCUT2D eigenvalue weighted by Gasteiger charge is -2.50. The number of likely N-dealkylation sites (tertiary alicyclic amines) is 2. The minimum atomic E-state index is -0.222. The second-order valence-electron chi connectivity index (χ2n) is 12.6. The van der Waals surface area contributed by atoms with E-state index in [1.807, 2.05) is 21.9 Å². The van der Waals surface area contributed by atoms with Gasteiger partial charge in [0.15, 0.2) is 0 Å². The summed E-state index contributed by atoms with van der Waals surface area (Å²) in [5.74, 6) is 1.13. The summed E-state index contributed by atoms with van der Waals surface area (Å²) < 4.78 is 18.1. The number of ether oxygens (including phenoxy) is 1. The average molecular weight is 530 g/mol. The van der Waals surface area contributed by atoms with Crippen molar-refractivity contribution in [2.24, 2.45) is 11.3 Å². The summed E-state index contributed by atoms with van der Waals surface area (Å²) in [6, 6.07) is 7.00. The number of carbonyl (C=O) groups is 2. The fourth-order valence-corrected chi connectivity index (χ4v) is 7.07. The highest BCUT2D eigenvalue weighted by molar-refractivity contribution is 5.71. The Labute approximate surface area is 228 Å². The zero-order valence-electron chi connectivity index (χ0n) is 23.8. The van der Waals surface area contributed by atoms with Crippen LogP contribution in [0.3, 0.4) is 0 Å². The number of hydrogen-bond donors (Lipinski definition) is 0. The number of halogens is 1. The number of piperidine rings is 2. The van der Waals surface area contributed by atoms with Gasteiger partial charge in [0.2, 0.25) is 6.41 Å². The van der Waals surface area contributed by atoms with Crippen LogP contribution in [0.15, 0.2) is 24.3 Å². The van der Waals surface area contributed by atoms with E-state index < -0.39 is 0 Å². The van der Waals surface area contributed by atoms with Crippen molar-refractivity contribution in [1.82, 2.24) is 14.7 Å². The van der Waals surface area contributed by atoms with E-state index in [4.69, 9.17) is 4.74 Å². The SMILES string of the molecule is CC1(C)COC(=O)N1CC1(C2CCCCC2)CCN(C=O)CC1.CCN1CCC[C@H](c2ccc(F)cc2)C1. The predicted molar refractivity (Wildman–Crippen MR) is 149 cm³/mol. The van der Waals surface area contributed by atoms with E-state index in [0.717, 1.165) is 52.0 Å². The Bertz CT molecular complexity index is 907. The number of rotatable bonds is 6. The van der Waals surface area contributed by atoms with Gasteiger partial charge in [-0.3, -0.25) is 9.69 Å². The van der Waals surface area contributed by atoms with Crippen molar-refractivity contribution in [3.63, 3.8) is 0 Å². The zero-order valence-corrected chi connectivity index (χ0v) is 23.8. The molecular formula is C31H48FN3O3. The summed E-state index contributed by atoms with van der Waals surface area (Å²) in [4.78, 5) is 29.6. The smallest absolute Gasteiger partial charge is 0.410 e. The van der Waals surface area contributed by atoms with Crippen molar-refractivity contribution in [3.8, 4) is 0 Å². The molecule has 3 saturated heterocycles. The summed E-state index contributed by atoms with van der Waals surface area (Å²) in [5, 5.41) is 0.